The number of hydrogen-bond donors (Lipinski definition) is 1. The molecule has 0 saturated heterocycles. The maximum absolute atomic E-state index is 13.6. The first-order chi connectivity index (χ1) is 14.1. The molecule has 0 aliphatic carbocycles. The van der Waals surface area contributed by atoms with Crippen LogP contribution in [0.15, 0.2) is 12.2 Å². The summed E-state index contributed by atoms with van der Waals surface area (Å²) in [6.45, 7) is 1.77. The SMILES string of the molecule is C=C(C)C(=O)OC(OCCCC(F)(F)C(F)(F)S(=O)(=O)O)(C(=O)OCC(C)=O)C(F)(F)F. The molecule has 1 atom stereocenters. The smallest absolute Gasteiger partial charge is 0.453 e. The highest BCUT2D eigenvalue weighted by atomic mass is 32.2. The normalized spacial score (nSPS) is 14.9. The van der Waals surface area contributed by atoms with Gasteiger partial charge >= 0.3 is 45.2 Å². The quantitative estimate of drug-likeness (QED) is 0.106. The minimum absolute atomic E-state index is 0.680. The van der Waals surface area contributed by atoms with Gasteiger partial charge in [0.1, 0.15) is 6.61 Å². The van der Waals surface area contributed by atoms with E-state index in [9.17, 15) is 53.5 Å². The Hall–Kier alpha value is -2.27. The Morgan fingerprint density at radius 3 is 1.88 bits per heavy atom. The highest BCUT2D eigenvalue weighted by molar-refractivity contribution is 7.87. The summed E-state index contributed by atoms with van der Waals surface area (Å²) in [6, 6.07) is 0. The van der Waals surface area contributed by atoms with E-state index in [1.54, 1.807) is 0 Å². The molecule has 0 spiro atoms. The van der Waals surface area contributed by atoms with Gasteiger partial charge in [0.2, 0.25) is 0 Å². The molecule has 0 heterocycles. The van der Waals surface area contributed by atoms with E-state index in [2.05, 4.69) is 20.8 Å². The van der Waals surface area contributed by atoms with Gasteiger partial charge in [-0.15, -0.1) is 0 Å². The van der Waals surface area contributed by atoms with Crippen LogP contribution in [0, 0.1) is 0 Å². The number of carbonyl (C=O) groups is 3. The summed E-state index contributed by atoms with van der Waals surface area (Å²) in [4.78, 5) is 34.4. The average Bonchev–Trinajstić information content (AvgIpc) is 2.59. The van der Waals surface area contributed by atoms with Crippen LogP contribution in [0.1, 0.15) is 26.7 Å². The maximum atomic E-state index is 13.6. The molecule has 0 aliphatic heterocycles. The fourth-order valence-electron chi connectivity index (χ4n) is 1.71. The number of esters is 2. The van der Waals surface area contributed by atoms with Gasteiger partial charge in [-0.05, 0) is 20.3 Å². The van der Waals surface area contributed by atoms with Gasteiger partial charge in [0, 0.05) is 12.0 Å². The lowest BCUT2D eigenvalue weighted by atomic mass is 10.2. The van der Waals surface area contributed by atoms with Crippen LogP contribution in [0.3, 0.4) is 0 Å². The number of alkyl halides is 7. The summed E-state index contributed by atoms with van der Waals surface area (Å²) in [7, 11) is -6.59. The highest BCUT2D eigenvalue weighted by Gasteiger charge is 2.68. The molecule has 1 N–H and O–H groups in total. The van der Waals surface area contributed by atoms with Crippen molar-refractivity contribution in [3.8, 4) is 0 Å². The molecule has 0 aromatic carbocycles. The van der Waals surface area contributed by atoms with Crippen LogP contribution in [0.2, 0.25) is 0 Å². The molecule has 0 radical (unpaired) electrons. The van der Waals surface area contributed by atoms with Crippen LogP contribution in [-0.2, 0) is 38.7 Å². The van der Waals surface area contributed by atoms with Crippen LogP contribution in [0.5, 0.6) is 0 Å². The lowest BCUT2D eigenvalue weighted by Gasteiger charge is -2.32. The van der Waals surface area contributed by atoms with Crippen molar-refractivity contribution in [3.05, 3.63) is 12.2 Å². The standard InChI is InChI=1S/C15H17F7O9S/c1-8(2)10(24)31-13(14(18,19)20,11(25)29-7-9(3)23)30-6-4-5-12(16,17)15(21,22)32(26,27)28/h1,4-7H2,2-3H3,(H,26,27,28). The Morgan fingerprint density at radius 2 is 1.50 bits per heavy atom. The van der Waals surface area contributed by atoms with Crippen molar-refractivity contribution in [1.82, 2.24) is 0 Å². The summed E-state index contributed by atoms with van der Waals surface area (Å²) in [5.41, 5.74) is -0.680. The van der Waals surface area contributed by atoms with E-state index < -0.39 is 82.6 Å². The van der Waals surface area contributed by atoms with Crippen LogP contribution < -0.4 is 0 Å². The average molecular weight is 506 g/mol. The number of ketones is 1. The molecule has 32 heavy (non-hydrogen) atoms. The summed E-state index contributed by atoms with van der Waals surface area (Å²) >= 11 is 0. The first-order valence-corrected chi connectivity index (χ1v) is 9.55. The van der Waals surface area contributed by atoms with E-state index in [4.69, 9.17) is 4.55 Å². The Morgan fingerprint density at radius 1 is 1.00 bits per heavy atom. The van der Waals surface area contributed by atoms with Crippen molar-refractivity contribution in [2.45, 2.75) is 49.8 Å². The van der Waals surface area contributed by atoms with Crippen molar-refractivity contribution in [2.24, 2.45) is 0 Å². The number of rotatable bonds is 12. The molecule has 0 rings (SSSR count). The predicted octanol–water partition coefficient (Wildman–Crippen LogP) is 2.41. The number of hydrogen-bond acceptors (Lipinski definition) is 8. The van der Waals surface area contributed by atoms with E-state index in [0.717, 1.165) is 13.8 Å². The monoisotopic (exact) mass is 506 g/mol. The molecular formula is C15H17F7O9S. The molecule has 9 nitrogen and oxygen atoms in total. The maximum Gasteiger partial charge on any atom is 0.468 e. The molecule has 0 aromatic rings. The van der Waals surface area contributed by atoms with Crippen LogP contribution in [0.4, 0.5) is 30.7 Å². The van der Waals surface area contributed by atoms with E-state index in [-0.39, 0.29) is 0 Å². The molecule has 1 unspecified atom stereocenters. The molecule has 0 amide bonds. The fraction of sp³-hybridized carbons (Fsp3) is 0.667. The van der Waals surface area contributed by atoms with E-state index >= 15 is 0 Å². The summed E-state index contributed by atoms with van der Waals surface area (Å²) in [5.74, 6) is -15.4. The molecule has 186 valence electrons. The van der Waals surface area contributed by atoms with Crippen molar-refractivity contribution < 1.29 is 72.3 Å². The predicted molar refractivity (Wildman–Crippen MR) is 88.0 cm³/mol. The first kappa shape index (κ1) is 29.7. The summed E-state index contributed by atoms with van der Waals surface area (Å²) in [6.07, 6.45) is -9.53. The highest BCUT2D eigenvalue weighted by Crippen LogP contribution is 2.42. The summed E-state index contributed by atoms with van der Waals surface area (Å²) < 4.78 is 135. The number of Topliss-reactive ketones (excluding diaryl/α,β-unsaturated/α-hetero) is 1. The van der Waals surface area contributed by atoms with Gasteiger partial charge in [0.15, 0.2) is 5.78 Å². The second-order valence-electron chi connectivity index (χ2n) is 6.21. The Labute approximate surface area is 176 Å². The first-order valence-electron chi connectivity index (χ1n) is 8.11. The van der Waals surface area contributed by atoms with E-state index in [1.807, 2.05) is 0 Å². The second-order valence-corrected chi connectivity index (χ2v) is 7.67. The largest absolute Gasteiger partial charge is 0.468 e. The van der Waals surface area contributed by atoms with Gasteiger partial charge < -0.3 is 14.2 Å². The van der Waals surface area contributed by atoms with E-state index in [1.165, 1.54) is 0 Å². The zero-order chi connectivity index (χ0) is 25.8. The minimum atomic E-state index is -6.59. The second kappa shape index (κ2) is 10.1. The van der Waals surface area contributed by atoms with Crippen molar-refractivity contribution in [3.63, 3.8) is 0 Å². The van der Waals surface area contributed by atoms with Gasteiger partial charge in [-0.25, -0.2) is 9.59 Å². The van der Waals surface area contributed by atoms with Gasteiger partial charge in [-0.1, -0.05) is 6.58 Å². The molecule has 0 aromatic heterocycles. The zero-order valence-electron chi connectivity index (χ0n) is 16.3. The molecule has 0 bridgehead atoms. The van der Waals surface area contributed by atoms with Crippen LogP contribution in [0.25, 0.3) is 0 Å². The van der Waals surface area contributed by atoms with Gasteiger partial charge in [0.25, 0.3) is 0 Å². The van der Waals surface area contributed by atoms with Crippen LogP contribution >= 0.6 is 0 Å². The fourth-order valence-corrected chi connectivity index (χ4v) is 2.19. The molecule has 17 heteroatoms. The zero-order valence-corrected chi connectivity index (χ0v) is 17.1. The lowest BCUT2D eigenvalue weighted by molar-refractivity contribution is -0.355. The van der Waals surface area contributed by atoms with Crippen molar-refractivity contribution in [2.75, 3.05) is 13.2 Å². The third-order valence-electron chi connectivity index (χ3n) is 3.32. The Kier molecular flexibility index (Phi) is 9.40. The molecule has 0 aliphatic rings. The third kappa shape index (κ3) is 6.86. The van der Waals surface area contributed by atoms with Gasteiger partial charge in [-0.3, -0.25) is 9.35 Å². The molecule has 0 saturated carbocycles. The minimum Gasteiger partial charge on any atom is -0.453 e. The van der Waals surface area contributed by atoms with Crippen molar-refractivity contribution in [1.29, 1.82) is 0 Å². The van der Waals surface area contributed by atoms with Gasteiger partial charge in [-0.2, -0.15) is 39.2 Å². The number of halogens is 7. The van der Waals surface area contributed by atoms with Crippen molar-refractivity contribution >= 4 is 27.8 Å². The lowest BCUT2D eigenvalue weighted by Crippen LogP contribution is -2.58. The number of ether oxygens (including phenoxy) is 3. The topological polar surface area (TPSA) is 133 Å². The Bertz CT molecular complexity index is 852. The third-order valence-corrected chi connectivity index (χ3v) is 4.27. The summed E-state index contributed by atoms with van der Waals surface area (Å²) in [5, 5.41) is -5.99. The molecule has 0 fully saturated rings. The molecular weight excluding hydrogens is 489 g/mol. The number of carbonyl (C=O) groups excluding carboxylic acids is 3. The van der Waals surface area contributed by atoms with Gasteiger partial charge in [0.05, 0.1) is 6.61 Å². The van der Waals surface area contributed by atoms with Crippen LogP contribution in [-0.4, -0.2) is 67.0 Å². The Balaban J connectivity index is 5.80. The van der Waals surface area contributed by atoms with E-state index in [0.29, 0.717) is 0 Å².